The Hall–Kier alpha value is -2.37. The van der Waals surface area contributed by atoms with Crippen molar-refractivity contribution in [3.05, 3.63) is 41.0 Å². The predicted molar refractivity (Wildman–Crippen MR) is 84.5 cm³/mol. The lowest BCUT2D eigenvalue weighted by Crippen LogP contribution is -2.42. The van der Waals surface area contributed by atoms with Gasteiger partial charge in [0.2, 0.25) is 5.88 Å². The van der Waals surface area contributed by atoms with E-state index in [1.165, 1.54) is 0 Å². The highest BCUT2D eigenvalue weighted by molar-refractivity contribution is 5.95. The fourth-order valence-corrected chi connectivity index (χ4v) is 2.81. The van der Waals surface area contributed by atoms with E-state index in [0.717, 1.165) is 24.3 Å². The molecule has 0 atom stereocenters. The van der Waals surface area contributed by atoms with Gasteiger partial charge in [-0.3, -0.25) is 4.79 Å². The minimum absolute atomic E-state index is 0.0351. The van der Waals surface area contributed by atoms with Gasteiger partial charge in [0.25, 0.3) is 5.91 Å². The van der Waals surface area contributed by atoms with Crippen LogP contribution in [0, 0.1) is 20.8 Å². The SMILES string of the molecule is Cc1ccc(OC2CCN(C(=O)c3cc(C)oc3C)CC2)nn1. The van der Waals surface area contributed by atoms with Crippen molar-refractivity contribution in [3.8, 4) is 5.88 Å². The number of likely N-dealkylation sites (tertiary alicyclic amines) is 1. The number of aryl methyl sites for hydroxylation is 3. The average Bonchev–Trinajstić information content (AvgIpc) is 2.88. The van der Waals surface area contributed by atoms with Gasteiger partial charge in [-0.25, -0.2) is 0 Å². The van der Waals surface area contributed by atoms with Gasteiger partial charge in [-0.2, -0.15) is 5.10 Å². The number of rotatable bonds is 3. The summed E-state index contributed by atoms with van der Waals surface area (Å²) < 4.78 is 11.3. The summed E-state index contributed by atoms with van der Waals surface area (Å²) in [5.74, 6) is 2.03. The Morgan fingerprint density at radius 2 is 1.96 bits per heavy atom. The number of amides is 1. The molecule has 0 saturated carbocycles. The number of furan rings is 1. The van der Waals surface area contributed by atoms with Gasteiger partial charge in [-0.05, 0) is 32.9 Å². The maximum Gasteiger partial charge on any atom is 0.257 e. The van der Waals surface area contributed by atoms with Gasteiger partial charge in [-0.15, -0.1) is 5.10 Å². The first-order valence-corrected chi connectivity index (χ1v) is 7.86. The molecule has 6 heteroatoms. The lowest BCUT2D eigenvalue weighted by molar-refractivity contribution is 0.0584. The molecule has 3 heterocycles. The smallest absolute Gasteiger partial charge is 0.257 e. The zero-order chi connectivity index (χ0) is 16.4. The van der Waals surface area contributed by atoms with E-state index in [1.54, 1.807) is 0 Å². The zero-order valence-corrected chi connectivity index (χ0v) is 13.7. The Labute approximate surface area is 135 Å². The van der Waals surface area contributed by atoms with E-state index in [2.05, 4.69) is 10.2 Å². The Balaban J connectivity index is 1.57. The third kappa shape index (κ3) is 3.52. The maximum atomic E-state index is 12.5. The lowest BCUT2D eigenvalue weighted by Gasteiger charge is -2.31. The zero-order valence-electron chi connectivity index (χ0n) is 13.7. The van der Waals surface area contributed by atoms with Crippen molar-refractivity contribution < 1.29 is 13.9 Å². The van der Waals surface area contributed by atoms with Crippen LogP contribution in [0.25, 0.3) is 0 Å². The van der Waals surface area contributed by atoms with Crippen LogP contribution in [0.15, 0.2) is 22.6 Å². The number of ether oxygens (including phenoxy) is 1. The van der Waals surface area contributed by atoms with E-state index in [4.69, 9.17) is 9.15 Å². The van der Waals surface area contributed by atoms with Gasteiger partial charge in [0.05, 0.1) is 11.3 Å². The van der Waals surface area contributed by atoms with Crippen LogP contribution >= 0.6 is 0 Å². The highest BCUT2D eigenvalue weighted by Gasteiger charge is 2.26. The maximum absolute atomic E-state index is 12.5. The molecule has 122 valence electrons. The first-order chi connectivity index (χ1) is 11.0. The Morgan fingerprint density at radius 3 is 2.52 bits per heavy atom. The summed E-state index contributed by atoms with van der Waals surface area (Å²) in [6.07, 6.45) is 1.65. The Kier molecular flexibility index (Phi) is 4.32. The largest absolute Gasteiger partial charge is 0.473 e. The summed E-state index contributed by atoms with van der Waals surface area (Å²) in [7, 11) is 0. The molecule has 1 saturated heterocycles. The lowest BCUT2D eigenvalue weighted by atomic mass is 10.1. The van der Waals surface area contributed by atoms with Crippen molar-refractivity contribution in [1.82, 2.24) is 15.1 Å². The molecule has 0 bridgehead atoms. The molecule has 0 spiro atoms. The first-order valence-electron chi connectivity index (χ1n) is 7.86. The van der Waals surface area contributed by atoms with Crippen molar-refractivity contribution in [1.29, 1.82) is 0 Å². The van der Waals surface area contributed by atoms with Crippen LogP contribution in [0.4, 0.5) is 0 Å². The summed E-state index contributed by atoms with van der Waals surface area (Å²) in [6, 6.07) is 5.52. The second kappa shape index (κ2) is 6.40. The molecule has 1 aliphatic rings. The molecule has 6 nitrogen and oxygen atoms in total. The standard InChI is InChI=1S/C17H21N3O3/c1-11-4-5-16(19-18-11)23-14-6-8-20(9-7-14)17(21)15-10-12(2)22-13(15)3/h4-5,10,14H,6-9H2,1-3H3. The van der Waals surface area contributed by atoms with Crippen molar-refractivity contribution >= 4 is 5.91 Å². The number of aromatic nitrogens is 2. The van der Waals surface area contributed by atoms with Crippen LogP contribution in [0.5, 0.6) is 5.88 Å². The molecule has 1 fully saturated rings. The summed E-state index contributed by atoms with van der Waals surface area (Å²) in [5, 5.41) is 8.01. The topological polar surface area (TPSA) is 68.5 Å². The molecule has 0 aromatic carbocycles. The molecule has 0 N–H and O–H groups in total. The Bertz CT molecular complexity index is 686. The molecule has 3 rings (SSSR count). The second-order valence-electron chi connectivity index (χ2n) is 5.95. The van der Waals surface area contributed by atoms with Crippen LogP contribution < -0.4 is 4.74 Å². The molecule has 2 aromatic rings. The number of nitrogens with zero attached hydrogens (tertiary/aromatic N) is 3. The molecule has 23 heavy (non-hydrogen) atoms. The van der Waals surface area contributed by atoms with Gasteiger partial charge >= 0.3 is 0 Å². The predicted octanol–water partition coefficient (Wildman–Crippen LogP) is 2.68. The van der Waals surface area contributed by atoms with Crippen molar-refractivity contribution in [2.75, 3.05) is 13.1 Å². The summed E-state index contributed by atoms with van der Waals surface area (Å²) in [6.45, 7) is 6.91. The Morgan fingerprint density at radius 1 is 1.22 bits per heavy atom. The minimum Gasteiger partial charge on any atom is -0.473 e. The quantitative estimate of drug-likeness (QED) is 0.871. The van der Waals surface area contributed by atoms with Crippen LogP contribution in [0.3, 0.4) is 0 Å². The van der Waals surface area contributed by atoms with Gasteiger partial charge in [0.15, 0.2) is 0 Å². The number of hydrogen-bond acceptors (Lipinski definition) is 5. The summed E-state index contributed by atoms with van der Waals surface area (Å²) >= 11 is 0. The van der Waals surface area contributed by atoms with Crippen molar-refractivity contribution in [2.45, 2.75) is 39.7 Å². The second-order valence-corrected chi connectivity index (χ2v) is 5.95. The van der Waals surface area contributed by atoms with Gasteiger partial charge in [0, 0.05) is 32.0 Å². The normalized spacial score (nSPS) is 15.7. The van der Waals surface area contributed by atoms with Crippen molar-refractivity contribution in [3.63, 3.8) is 0 Å². The highest BCUT2D eigenvalue weighted by Crippen LogP contribution is 2.21. The molecule has 1 amide bonds. The average molecular weight is 315 g/mol. The van der Waals surface area contributed by atoms with Crippen LogP contribution in [0.2, 0.25) is 0 Å². The summed E-state index contributed by atoms with van der Waals surface area (Å²) in [5.41, 5.74) is 1.52. The molecule has 0 unspecified atom stereocenters. The minimum atomic E-state index is 0.0351. The molecule has 2 aromatic heterocycles. The fourth-order valence-electron chi connectivity index (χ4n) is 2.81. The third-order valence-electron chi connectivity index (χ3n) is 4.06. The highest BCUT2D eigenvalue weighted by atomic mass is 16.5. The molecule has 1 aliphatic heterocycles. The third-order valence-corrected chi connectivity index (χ3v) is 4.06. The first kappa shape index (κ1) is 15.5. The van der Waals surface area contributed by atoms with E-state index in [0.29, 0.717) is 30.3 Å². The number of piperidine rings is 1. The molecular weight excluding hydrogens is 294 g/mol. The molecule has 0 radical (unpaired) electrons. The van der Waals surface area contributed by atoms with Gasteiger partial charge < -0.3 is 14.1 Å². The van der Waals surface area contributed by atoms with E-state index in [9.17, 15) is 4.79 Å². The fraction of sp³-hybridized carbons (Fsp3) is 0.471. The van der Waals surface area contributed by atoms with Crippen LogP contribution in [-0.2, 0) is 0 Å². The number of carbonyl (C=O) groups is 1. The van der Waals surface area contributed by atoms with Gasteiger partial charge in [-0.1, -0.05) is 0 Å². The van der Waals surface area contributed by atoms with E-state index >= 15 is 0 Å². The molecular formula is C17H21N3O3. The van der Waals surface area contributed by atoms with E-state index < -0.39 is 0 Å². The van der Waals surface area contributed by atoms with E-state index in [-0.39, 0.29) is 12.0 Å². The summed E-state index contributed by atoms with van der Waals surface area (Å²) in [4.78, 5) is 14.4. The van der Waals surface area contributed by atoms with Crippen molar-refractivity contribution in [2.24, 2.45) is 0 Å². The van der Waals surface area contributed by atoms with Crippen LogP contribution in [0.1, 0.15) is 40.4 Å². The van der Waals surface area contributed by atoms with Crippen LogP contribution in [-0.4, -0.2) is 40.2 Å². The van der Waals surface area contributed by atoms with E-state index in [1.807, 2.05) is 43.9 Å². The number of hydrogen-bond donors (Lipinski definition) is 0. The number of carbonyl (C=O) groups excluding carboxylic acids is 1. The monoisotopic (exact) mass is 315 g/mol. The van der Waals surface area contributed by atoms with Gasteiger partial charge in [0.1, 0.15) is 17.6 Å². The molecule has 0 aliphatic carbocycles.